The summed E-state index contributed by atoms with van der Waals surface area (Å²) in [6, 6.07) is 0. The van der Waals surface area contributed by atoms with Crippen molar-refractivity contribution in [1.29, 1.82) is 0 Å². The average Bonchev–Trinajstić information content (AvgIpc) is 2.74. The zero-order valence-electron chi connectivity index (χ0n) is 22.6. The van der Waals surface area contributed by atoms with Crippen molar-refractivity contribution in [2.24, 2.45) is 0 Å². The van der Waals surface area contributed by atoms with Gasteiger partial charge in [0.15, 0.2) is 0 Å². The predicted octanol–water partition coefficient (Wildman–Crippen LogP) is 9.90. The first-order valence-corrected chi connectivity index (χ1v) is 14.5. The minimum atomic E-state index is 0. The van der Waals surface area contributed by atoms with Crippen LogP contribution < -0.4 is 0 Å². The molecule has 0 aromatic carbocycles. The quantitative estimate of drug-likeness (QED) is 0.102. The zero-order chi connectivity index (χ0) is 22.2. The summed E-state index contributed by atoms with van der Waals surface area (Å²) in [5, 5.41) is 0. The summed E-state index contributed by atoms with van der Waals surface area (Å²) in [6.07, 6.45) is 31.8. The van der Waals surface area contributed by atoms with Gasteiger partial charge in [-0.1, -0.05) is 124 Å². The van der Waals surface area contributed by atoms with Crippen molar-refractivity contribution >= 4 is 0 Å². The molecule has 0 fully saturated rings. The molecular weight excluding hydrogens is 378 g/mol. The molecule has 0 bridgehead atoms. The Morgan fingerprint density at radius 1 is 0.323 bits per heavy atom. The van der Waals surface area contributed by atoms with Gasteiger partial charge in [-0.3, -0.25) is 0 Å². The molecule has 0 saturated heterocycles. The van der Waals surface area contributed by atoms with E-state index in [0.717, 1.165) is 0 Å². The van der Waals surface area contributed by atoms with E-state index in [1.54, 1.807) is 0 Å². The Kier molecular flexibility index (Phi) is 27.9. The van der Waals surface area contributed by atoms with Crippen LogP contribution in [0.4, 0.5) is 0 Å². The van der Waals surface area contributed by atoms with Crippen molar-refractivity contribution in [1.82, 2.24) is 0 Å². The van der Waals surface area contributed by atoms with Crippen LogP contribution in [0.5, 0.6) is 0 Å². The second kappa shape index (κ2) is 26.2. The summed E-state index contributed by atoms with van der Waals surface area (Å²) in [5.41, 5.74) is 0. The lowest BCUT2D eigenvalue weighted by atomic mass is 10.1. The Hall–Kier alpha value is -0.0800. The molecule has 0 aromatic rings. The topological polar surface area (TPSA) is 30.0 Å². The third-order valence-electron chi connectivity index (χ3n) is 7.15. The van der Waals surface area contributed by atoms with Crippen LogP contribution in [-0.4, -0.2) is 36.6 Å². The van der Waals surface area contributed by atoms with Crippen LogP contribution in [0.2, 0.25) is 0 Å². The lowest BCUT2D eigenvalue weighted by Gasteiger charge is -2.35. The second-order valence-electron chi connectivity index (χ2n) is 10.5. The molecule has 0 unspecified atom stereocenters. The third-order valence-corrected chi connectivity index (χ3v) is 7.15. The maximum atomic E-state index is 2.58. The summed E-state index contributed by atoms with van der Waals surface area (Å²) in [6.45, 7) is 11.2. The fraction of sp³-hybridized carbons (Fsp3) is 1.00. The van der Waals surface area contributed by atoms with E-state index in [0.29, 0.717) is 0 Å². The lowest BCUT2D eigenvalue weighted by molar-refractivity contribution is -0.910. The highest BCUT2D eigenvalue weighted by Crippen LogP contribution is 2.17. The Bertz CT molecular complexity index is 298. The van der Waals surface area contributed by atoms with Gasteiger partial charge in [-0.15, -0.1) is 0 Å². The maximum absolute atomic E-state index is 2.58. The van der Waals surface area contributed by atoms with Crippen LogP contribution in [-0.2, 0) is 0 Å². The van der Waals surface area contributed by atoms with Gasteiger partial charge >= 0.3 is 0 Å². The molecule has 0 rings (SSSR count). The minimum Gasteiger partial charge on any atom is -0.870 e. The molecule has 1 N–H and O–H groups in total. The van der Waals surface area contributed by atoms with Crippen molar-refractivity contribution in [3.8, 4) is 0 Å². The third kappa shape index (κ3) is 24.4. The van der Waals surface area contributed by atoms with E-state index in [1.807, 2.05) is 0 Å². The highest BCUT2D eigenvalue weighted by atomic mass is 16.0. The van der Waals surface area contributed by atoms with Crippen LogP contribution >= 0.6 is 0 Å². The number of hydrogen-bond donors (Lipinski definition) is 0. The van der Waals surface area contributed by atoms with Crippen LogP contribution in [0, 0.1) is 0 Å². The van der Waals surface area contributed by atoms with E-state index in [2.05, 4.69) is 27.8 Å². The Morgan fingerprint density at radius 3 is 0.742 bits per heavy atom. The molecule has 31 heavy (non-hydrogen) atoms. The summed E-state index contributed by atoms with van der Waals surface area (Å²) in [5.74, 6) is 0. The molecule has 2 nitrogen and oxygen atoms in total. The monoisotopic (exact) mass is 441 g/mol. The first-order chi connectivity index (χ1) is 14.7. The summed E-state index contributed by atoms with van der Waals surface area (Å²) in [7, 11) is 2.58. The molecule has 0 spiro atoms. The van der Waals surface area contributed by atoms with Gasteiger partial charge in [0, 0.05) is 0 Å². The molecule has 0 radical (unpaired) electrons. The van der Waals surface area contributed by atoms with Gasteiger partial charge in [-0.05, 0) is 38.5 Å². The van der Waals surface area contributed by atoms with E-state index >= 15 is 0 Å². The number of nitrogens with zero attached hydrogens (tertiary/aromatic N) is 1. The molecule has 0 saturated carbocycles. The van der Waals surface area contributed by atoms with E-state index in [1.165, 1.54) is 165 Å². The number of hydrogen-bond acceptors (Lipinski definition) is 1. The first kappa shape index (κ1) is 33.1. The Morgan fingerprint density at radius 2 is 0.516 bits per heavy atom. The highest BCUT2D eigenvalue weighted by Gasteiger charge is 2.20. The number of quaternary nitrogens is 1. The fourth-order valence-electron chi connectivity index (χ4n) is 4.86. The predicted molar refractivity (Wildman–Crippen MR) is 141 cm³/mol. The molecule has 190 valence electrons. The van der Waals surface area contributed by atoms with Crippen LogP contribution in [0.25, 0.3) is 0 Å². The summed E-state index contributed by atoms with van der Waals surface area (Å²) < 4.78 is 1.36. The van der Waals surface area contributed by atoms with E-state index < -0.39 is 0 Å². The molecule has 0 aromatic heterocycles. The highest BCUT2D eigenvalue weighted by molar-refractivity contribution is 4.52. The Balaban J connectivity index is 0. The normalized spacial score (nSPS) is 11.6. The van der Waals surface area contributed by atoms with Gasteiger partial charge in [-0.25, -0.2) is 0 Å². The molecule has 0 atom stereocenters. The van der Waals surface area contributed by atoms with Crippen molar-refractivity contribution in [3.63, 3.8) is 0 Å². The van der Waals surface area contributed by atoms with E-state index in [9.17, 15) is 0 Å². The SMILES string of the molecule is CCCCCCCCCC[N+](C)(CCCCCCCC)CCCCCCCCCC.[OH-]. The largest absolute Gasteiger partial charge is 0.870 e. The van der Waals surface area contributed by atoms with Gasteiger partial charge in [0.2, 0.25) is 0 Å². The van der Waals surface area contributed by atoms with Crippen molar-refractivity contribution < 1.29 is 9.96 Å². The van der Waals surface area contributed by atoms with Gasteiger partial charge < -0.3 is 9.96 Å². The number of rotatable bonds is 25. The molecule has 0 heterocycles. The van der Waals surface area contributed by atoms with Crippen LogP contribution in [0.3, 0.4) is 0 Å². The molecule has 0 aliphatic heterocycles. The summed E-state index contributed by atoms with van der Waals surface area (Å²) >= 11 is 0. The molecule has 0 aliphatic carbocycles. The van der Waals surface area contributed by atoms with Gasteiger partial charge in [-0.2, -0.15) is 0 Å². The average molecular weight is 442 g/mol. The van der Waals surface area contributed by atoms with Gasteiger partial charge in [0.05, 0.1) is 26.7 Å². The van der Waals surface area contributed by atoms with Crippen molar-refractivity contribution in [2.45, 2.75) is 162 Å². The molecule has 0 amide bonds. The number of unbranched alkanes of at least 4 members (excludes halogenated alkanes) is 19. The smallest absolute Gasteiger partial charge is 0.0784 e. The van der Waals surface area contributed by atoms with Gasteiger partial charge in [0.25, 0.3) is 0 Å². The lowest BCUT2D eigenvalue weighted by Crippen LogP contribution is -2.46. The summed E-state index contributed by atoms with van der Waals surface area (Å²) in [4.78, 5) is 0. The standard InChI is InChI=1S/C29H62N.H2O/c1-5-8-11-14-17-19-22-25-28-30(4,27-24-21-16-13-10-7-3)29-26-23-20-18-15-12-9-6-2;/h5-29H2,1-4H3;1H2/q+1;/p-1. The first-order valence-electron chi connectivity index (χ1n) is 14.5. The second-order valence-corrected chi connectivity index (χ2v) is 10.5. The minimum absolute atomic E-state index is 0. The molecule has 0 aliphatic rings. The van der Waals surface area contributed by atoms with Crippen LogP contribution in [0.1, 0.15) is 162 Å². The fourth-order valence-corrected chi connectivity index (χ4v) is 4.86. The van der Waals surface area contributed by atoms with E-state index in [4.69, 9.17) is 0 Å². The van der Waals surface area contributed by atoms with Crippen molar-refractivity contribution in [3.05, 3.63) is 0 Å². The van der Waals surface area contributed by atoms with Gasteiger partial charge in [0.1, 0.15) is 0 Å². The van der Waals surface area contributed by atoms with Crippen molar-refractivity contribution in [2.75, 3.05) is 26.7 Å². The maximum Gasteiger partial charge on any atom is 0.0784 e. The zero-order valence-corrected chi connectivity index (χ0v) is 22.6. The molecule has 2 heteroatoms. The Labute approximate surface area is 198 Å². The van der Waals surface area contributed by atoms with Crippen LogP contribution in [0.15, 0.2) is 0 Å². The van der Waals surface area contributed by atoms with E-state index in [-0.39, 0.29) is 5.48 Å². The molecular formula is C29H63NO.